The Morgan fingerprint density at radius 2 is 2.00 bits per heavy atom. The molecule has 0 radical (unpaired) electrons. The minimum atomic E-state index is 0.414. The van der Waals surface area contributed by atoms with E-state index in [2.05, 4.69) is 20.8 Å². The van der Waals surface area contributed by atoms with E-state index in [1.54, 1.807) is 0 Å². The first kappa shape index (κ1) is 10.2. The topological polar surface area (TPSA) is 9.23 Å². The van der Waals surface area contributed by atoms with Crippen LogP contribution in [0, 0.1) is 5.41 Å². The third-order valence-electron chi connectivity index (χ3n) is 1.74. The van der Waals surface area contributed by atoms with Gasteiger partial charge in [-0.05, 0) is 11.8 Å². The van der Waals surface area contributed by atoms with E-state index in [1.807, 2.05) is 0 Å². The predicted octanol–water partition coefficient (Wildman–Crippen LogP) is 1.50. The fourth-order valence-corrected chi connectivity index (χ4v) is 1.90. The zero-order chi connectivity index (χ0) is 8.04. The predicted molar refractivity (Wildman–Crippen MR) is 49.2 cm³/mol. The maximum absolute atomic E-state index is 5.24. The van der Waals surface area contributed by atoms with Crippen molar-refractivity contribution < 1.29 is 4.43 Å². The lowest BCUT2D eigenvalue weighted by atomic mass is 9.88. The Kier molecular flexibility index (Phi) is 5.00. The van der Waals surface area contributed by atoms with Gasteiger partial charge in [-0.2, -0.15) is 0 Å². The second-order valence-corrected chi connectivity index (χ2v) is 4.28. The molecule has 0 unspecified atom stereocenters. The second kappa shape index (κ2) is 4.91. The van der Waals surface area contributed by atoms with Gasteiger partial charge < -0.3 is 4.43 Å². The summed E-state index contributed by atoms with van der Waals surface area (Å²) < 4.78 is 5.24. The highest BCUT2D eigenvalue weighted by Crippen LogP contribution is 2.22. The van der Waals surface area contributed by atoms with E-state index < -0.39 is 0 Å². The minimum Gasteiger partial charge on any atom is -0.427 e. The zero-order valence-corrected chi connectivity index (χ0v) is 9.74. The average molecular weight is 160 g/mol. The molecule has 0 saturated heterocycles. The van der Waals surface area contributed by atoms with Crippen molar-refractivity contribution in [3.63, 3.8) is 0 Å². The first-order valence-electron chi connectivity index (χ1n) is 4.11. The summed E-state index contributed by atoms with van der Waals surface area (Å²) in [6.45, 7) is 7.73. The van der Waals surface area contributed by atoms with Crippen molar-refractivity contribution in [2.45, 2.75) is 40.0 Å². The monoisotopic (exact) mass is 160 g/mol. The van der Waals surface area contributed by atoms with Gasteiger partial charge in [-0.25, -0.2) is 0 Å². The number of unbranched alkanes of at least 4 members (excludes halogenated alkanes) is 1. The van der Waals surface area contributed by atoms with Gasteiger partial charge in [0, 0.05) is 6.61 Å². The van der Waals surface area contributed by atoms with Crippen LogP contribution in [0.4, 0.5) is 0 Å². The number of hydrogen-bond acceptors (Lipinski definition) is 1. The molecule has 0 aromatic rings. The van der Waals surface area contributed by atoms with Crippen LogP contribution in [-0.2, 0) is 4.43 Å². The fourth-order valence-electron chi connectivity index (χ4n) is 1.12. The fraction of sp³-hybridized carbons (Fsp3) is 1.00. The van der Waals surface area contributed by atoms with Gasteiger partial charge in [-0.1, -0.05) is 33.6 Å². The summed E-state index contributed by atoms with van der Waals surface area (Å²) in [5.74, 6) is 0. The Labute approximate surface area is 67.7 Å². The highest BCUT2D eigenvalue weighted by Gasteiger charge is 2.15. The molecule has 1 nitrogen and oxygen atoms in total. The van der Waals surface area contributed by atoms with E-state index in [1.165, 1.54) is 19.3 Å². The molecule has 2 heteroatoms. The third kappa shape index (κ3) is 5.00. The van der Waals surface area contributed by atoms with E-state index in [-0.39, 0.29) is 0 Å². The van der Waals surface area contributed by atoms with Gasteiger partial charge in [0.25, 0.3) is 0 Å². The molecule has 0 aliphatic carbocycles. The molecule has 0 atom stereocenters. The highest BCUT2D eigenvalue weighted by atomic mass is 28.2. The Morgan fingerprint density at radius 1 is 1.40 bits per heavy atom. The molecule has 62 valence electrons. The largest absolute Gasteiger partial charge is 0.427 e. The van der Waals surface area contributed by atoms with E-state index in [0.29, 0.717) is 5.41 Å². The number of hydrogen-bond donors (Lipinski definition) is 0. The van der Waals surface area contributed by atoms with Gasteiger partial charge in [0.15, 0.2) is 0 Å². The summed E-state index contributed by atoms with van der Waals surface area (Å²) in [4.78, 5) is 0. The first-order chi connectivity index (χ1) is 4.62. The molecule has 0 N–H and O–H groups in total. The standard InChI is InChI=1S/C8H20OSi/c1-4-5-6-8(2,3)7-9-10/h4-7H2,1-3,10H3. The summed E-state index contributed by atoms with van der Waals surface area (Å²) in [6.07, 6.45) is 3.92. The molecule has 0 rings (SSSR count). The Bertz CT molecular complexity index is 81.3. The Hall–Kier alpha value is 0.177. The number of rotatable bonds is 5. The summed E-state index contributed by atoms with van der Waals surface area (Å²) in [5, 5.41) is 0. The smallest absolute Gasteiger partial charge is 0.145 e. The normalized spacial score (nSPS) is 12.3. The Balaban J connectivity index is 3.42. The van der Waals surface area contributed by atoms with Crippen molar-refractivity contribution in [2.24, 2.45) is 5.41 Å². The van der Waals surface area contributed by atoms with Crippen LogP contribution in [0.2, 0.25) is 0 Å². The van der Waals surface area contributed by atoms with Crippen LogP contribution in [0.5, 0.6) is 0 Å². The van der Waals surface area contributed by atoms with E-state index in [9.17, 15) is 0 Å². The van der Waals surface area contributed by atoms with E-state index in [4.69, 9.17) is 4.43 Å². The molecule has 10 heavy (non-hydrogen) atoms. The highest BCUT2D eigenvalue weighted by molar-refractivity contribution is 5.97. The molecule has 0 aliphatic rings. The van der Waals surface area contributed by atoms with Crippen LogP contribution in [0.3, 0.4) is 0 Å². The van der Waals surface area contributed by atoms with Crippen molar-refractivity contribution >= 4 is 10.5 Å². The molecule has 0 aromatic heterocycles. The lowest BCUT2D eigenvalue weighted by Crippen LogP contribution is -2.18. The van der Waals surface area contributed by atoms with E-state index >= 15 is 0 Å². The Morgan fingerprint density at radius 3 is 2.40 bits per heavy atom. The average Bonchev–Trinajstić information content (AvgIpc) is 1.84. The van der Waals surface area contributed by atoms with Crippen molar-refractivity contribution in [3.05, 3.63) is 0 Å². The van der Waals surface area contributed by atoms with Gasteiger partial charge in [0.05, 0.1) is 0 Å². The van der Waals surface area contributed by atoms with Crippen LogP contribution in [0.15, 0.2) is 0 Å². The van der Waals surface area contributed by atoms with Crippen LogP contribution >= 0.6 is 0 Å². The third-order valence-corrected chi connectivity index (χ3v) is 2.03. The first-order valence-corrected chi connectivity index (χ1v) is 4.93. The molecule has 0 bridgehead atoms. The quantitative estimate of drug-likeness (QED) is 0.554. The molecule has 0 spiro atoms. The zero-order valence-electron chi connectivity index (χ0n) is 7.74. The molecular weight excluding hydrogens is 140 g/mol. The van der Waals surface area contributed by atoms with Gasteiger partial charge in [-0.3, -0.25) is 0 Å². The molecule has 0 aromatic carbocycles. The summed E-state index contributed by atoms with van der Waals surface area (Å²) >= 11 is 0. The van der Waals surface area contributed by atoms with Gasteiger partial charge in [-0.15, -0.1) is 0 Å². The van der Waals surface area contributed by atoms with Crippen molar-refractivity contribution in [2.75, 3.05) is 6.61 Å². The SMILES string of the molecule is CCCCC(C)(C)CO[SiH3]. The lowest BCUT2D eigenvalue weighted by molar-refractivity contribution is 0.178. The molecule has 0 aliphatic heterocycles. The molecule has 0 heterocycles. The molecule has 0 saturated carbocycles. The van der Waals surface area contributed by atoms with Crippen molar-refractivity contribution in [3.8, 4) is 0 Å². The lowest BCUT2D eigenvalue weighted by Gasteiger charge is -2.23. The van der Waals surface area contributed by atoms with Gasteiger partial charge >= 0.3 is 0 Å². The van der Waals surface area contributed by atoms with Gasteiger partial charge in [0.1, 0.15) is 10.5 Å². The van der Waals surface area contributed by atoms with Gasteiger partial charge in [0.2, 0.25) is 0 Å². The van der Waals surface area contributed by atoms with E-state index in [0.717, 1.165) is 17.1 Å². The van der Waals surface area contributed by atoms with Crippen LogP contribution in [-0.4, -0.2) is 17.1 Å². The van der Waals surface area contributed by atoms with Crippen LogP contribution < -0.4 is 0 Å². The van der Waals surface area contributed by atoms with Crippen molar-refractivity contribution in [1.82, 2.24) is 0 Å². The summed E-state index contributed by atoms with van der Waals surface area (Å²) in [6, 6.07) is 0. The van der Waals surface area contributed by atoms with Crippen LogP contribution in [0.1, 0.15) is 40.0 Å². The molecular formula is C8H20OSi. The summed E-state index contributed by atoms with van der Waals surface area (Å²) in [5.41, 5.74) is 0.414. The maximum Gasteiger partial charge on any atom is 0.145 e. The van der Waals surface area contributed by atoms with Crippen LogP contribution in [0.25, 0.3) is 0 Å². The molecule has 0 fully saturated rings. The minimum absolute atomic E-state index is 0.414. The molecule has 0 amide bonds. The second-order valence-electron chi connectivity index (χ2n) is 3.70. The van der Waals surface area contributed by atoms with Crippen molar-refractivity contribution in [1.29, 1.82) is 0 Å². The maximum atomic E-state index is 5.24. The summed E-state index contributed by atoms with van der Waals surface area (Å²) in [7, 11) is 0.879.